The van der Waals surface area contributed by atoms with E-state index in [9.17, 15) is 25.2 Å². The van der Waals surface area contributed by atoms with Gasteiger partial charge < -0.3 is 7.43 Å². The number of hydrogen-bond donors (Lipinski definition) is 0. The molecule has 2 aromatic heterocycles. The van der Waals surface area contributed by atoms with Crippen LogP contribution in [0.1, 0.15) is 12.6 Å². The average Bonchev–Trinajstić information content (AvgIpc) is 3.48. The van der Waals surface area contributed by atoms with Crippen LogP contribution in [0.4, 0.5) is 25.2 Å². The van der Waals surface area contributed by atoms with Gasteiger partial charge in [-0.2, -0.15) is 5.26 Å². The molecular formula is C25H22F6FeN3PPd+2. The number of hydrogen-bond acceptors (Lipinski definition) is 3. The van der Waals surface area contributed by atoms with Gasteiger partial charge in [0, 0.05) is 35.5 Å². The average molecular weight is 672 g/mol. The molecule has 0 bridgehead atoms. The molecule has 0 saturated heterocycles. The SMILES string of the molecule is CC#N.F[P-](F)(F)(F)(F)F.[CH3-].[CH]1[CH][CH][CH][CH]1.[CH]1[CH][CH][C](c2ccc3ccc4cccnc4c3n2)[CH]1.[Fe+2].[Pd+2]. The van der Waals surface area contributed by atoms with Crippen LogP contribution < -0.4 is 0 Å². The summed E-state index contributed by atoms with van der Waals surface area (Å²) in [5, 5.41) is 9.57. The number of benzene rings is 1. The molecular weight excluding hydrogens is 650 g/mol. The zero-order chi connectivity index (χ0) is 25.3. The molecule has 0 spiro atoms. The molecule has 10 radical (unpaired) electrons. The van der Waals surface area contributed by atoms with E-state index in [4.69, 9.17) is 10.2 Å². The molecule has 37 heavy (non-hydrogen) atoms. The van der Waals surface area contributed by atoms with Gasteiger partial charge in [-0.15, -0.1) is 0 Å². The first-order valence-corrected chi connectivity index (χ1v) is 11.7. The summed E-state index contributed by atoms with van der Waals surface area (Å²) >= 11 is 0. The van der Waals surface area contributed by atoms with Gasteiger partial charge in [-0.25, -0.2) is 4.98 Å². The number of nitrogens with zero attached hydrogens (tertiary/aromatic N) is 3. The summed E-state index contributed by atoms with van der Waals surface area (Å²) in [6.07, 6.45) is 20.0. The first-order valence-electron chi connectivity index (χ1n) is 9.69. The molecule has 2 aliphatic rings. The molecule has 2 fully saturated rings. The molecule has 12 heteroatoms. The van der Waals surface area contributed by atoms with E-state index in [1.807, 2.05) is 57.2 Å². The van der Waals surface area contributed by atoms with E-state index in [1.165, 1.54) is 6.92 Å². The van der Waals surface area contributed by atoms with Crippen molar-refractivity contribution in [2.45, 2.75) is 6.92 Å². The molecule has 0 atom stereocenters. The molecule has 2 saturated carbocycles. The molecule has 2 aliphatic carbocycles. The number of rotatable bonds is 1. The summed E-state index contributed by atoms with van der Waals surface area (Å²) in [7, 11) is -10.7. The maximum absolute atomic E-state index is 10.7. The van der Waals surface area contributed by atoms with Gasteiger partial charge in [-0.3, -0.25) is 4.98 Å². The Morgan fingerprint density at radius 2 is 1.14 bits per heavy atom. The quantitative estimate of drug-likeness (QED) is 0.0854. The van der Waals surface area contributed by atoms with Crippen molar-refractivity contribution in [2.24, 2.45) is 0 Å². The van der Waals surface area contributed by atoms with Crippen LogP contribution in [-0.4, -0.2) is 9.97 Å². The van der Waals surface area contributed by atoms with Crippen LogP contribution in [0.15, 0.2) is 42.6 Å². The van der Waals surface area contributed by atoms with Crippen molar-refractivity contribution in [3.05, 3.63) is 119 Å². The van der Waals surface area contributed by atoms with Gasteiger partial charge in [0.25, 0.3) is 0 Å². The standard InChI is InChI=1S/C17H11N2.C5H5.C2H3N.CH3.F6P.Fe.Pd/c1-2-5-12(4-1)15-10-9-14-8-7-13-6-3-11-18-16(13)17(14)19-15;1-2-4-5-3-1;1-2-3;;1-7(2,3,4,5)6;;/h1-11H;1-5H;1H3;1H3;;;/q;;;2*-1;2*+2. The monoisotopic (exact) mass is 671 g/mol. The van der Waals surface area contributed by atoms with Crippen LogP contribution in [0.25, 0.3) is 21.8 Å². The summed E-state index contributed by atoms with van der Waals surface area (Å²) in [5.74, 6) is 1.15. The molecule has 0 unspecified atom stereocenters. The molecule has 3 aromatic rings. The van der Waals surface area contributed by atoms with E-state index >= 15 is 0 Å². The number of aromatic nitrogens is 2. The minimum absolute atomic E-state index is 0. The van der Waals surface area contributed by atoms with Crippen LogP contribution in [-0.2, 0) is 37.5 Å². The Labute approximate surface area is 239 Å². The smallest absolute Gasteiger partial charge is 0.358 e. The van der Waals surface area contributed by atoms with Crippen molar-refractivity contribution in [1.29, 1.82) is 5.26 Å². The second kappa shape index (κ2) is 15.3. The molecule has 200 valence electrons. The van der Waals surface area contributed by atoms with Crippen LogP contribution >= 0.6 is 7.81 Å². The minimum Gasteiger partial charge on any atom is -0.358 e. The molecule has 0 N–H and O–H groups in total. The summed E-state index contributed by atoms with van der Waals surface area (Å²) in [5.41, 5.74) is 2.93. The summed E-state index contributed by atoms with van der Waals surface area (Å²) < 4.78 is 59.2. The van der Waals surface area contributed by atoms with Crippen molar-refractivity contribution >= 4 is 29.6 Å². The third-order valence-electron chi connectivity index (χ3n) is 3.95. The predicted molar refractivity (Wildman–Crippen MR) is 129 cm³/mol. The second-order valence-electron chi connectivity index (χ2n) is 6.73. The molecule has 0 amide bonds. The Morgan fingerprint density at radius 3 is 1.59 bits per heavy atom. The largest absolute Gasteiger partial charge is 2.00 e. The van der Waals surface area contributed by atoms with Crippen molar-refractivity contribution < 1.29 is 62.7 Å². The van der Waals surface area contributed by atoms with Gasteiger partial charge in [0.1, 0.15) is 0 Å². The number of nitriles is 1. The first kappa shape index (κ1) is 37.9. The normalized spacial score (nSPS) is 16.3. The van der Waals surface area contributed by atoms with Crippen LogP contribution in [0.5, 0.6) is 0 Å². The fourth-order valence-corrected chi connectivity index (χ4v) is 2.75. The van der Waals surface area contributed by atoms with Crippen molar-refractivity contribution in [2.75, 3.05) is 0 Å². The van der Waals surface area contributed by atoms with Gasteiger partial charge in [0.05, 0.1) is 17.1 Å². The summed E-state index contributed by atoms with van der Waals surface area (Å²) in [4.78, 5) is 9.25. The minimum atomic E-state index is -10.7. The van der Waals surface area contributed by atoms with E-state index in [-0.39, 0.29) is 44.9 Å². The molecule has 3 nitrogen and oxygen atoms in total. The van der Waals surface area contributed by atoms with Gasteiger partial charge in [-0.1, -0.05) is 24.3 Å². The van der Waals surface area contributed by atoms with Gasteiger partial charge in [0.2, 0.25) is 0 Å². The topological polar surface area (TPSA) is 49.6 Å². The van der Waals surface area contributed by atoms with E-state index in [1.54, 1.807) is 6.07 Å². The Bertz CT molecular complexity index is 1110. The molecule has 5 rings (SSSR count). The Balaban J connectivity index is 0. The third kappa shape index (κ3) is 16.3. The Kier molecular flexibility index (Phi) is 15.7. The van der Waals surface area contributed by atoms with E-state index in [0.717, 1.165) is 33.4 Å². The number of pyridine rings is 2. The zero-order valence-electron chi connectivity index (χ0n) is 19.5. The van der Waals surface area contributed by atoms with Crippen molar-refractivity contribution in [3.63, 3.8) is 0 Å². The molecule has 2 heterocycles. The van der Waals surface area contributed by atoms with Crippen LogP contribution in [0.3, 0.4) is 0 Å². The zero-order valence-corrected chi connectivity index (χ0v) is 23.0. The summed E-state index contributed by atoms with van der Waals surface area (Å²) in [6.45, 7) is 1.43. The van der Waals surface area contributed by atoms with Crippen LogP contribution in [0, 0.1) is 82.5 Å². The van der Waals surface area contributed by atoms with E-state index < -0.39 is 7.81 Å². The second-order valence-corrected chi connectivity index (χ2v) is 8.64. The third-order valence-corrected chi connectivity index (χ3v) is 3.95. The van der Waals surface area contributed by atoms with Crippen molar-refractivity contribution in [1.82, 2.24) is 9.97 Å². The van der Waals surface area contributed by atoms with Gasteiger partial charge in [-0.05, 0) is 69.9 Å². The van der Waals surface area contributed by atoms with Gasteiger partial charge in [0.15, 0.2) is 0 Å². The van der Waals surface area contributed by atoms with Crippen molar-refractivity contribution in [3.8, 4) is 6.07 Å². The maximum atomic E-state index is 9.87. The fourth-order valence-electron chi connectivity index (χ4n) is 2.75. The van der Waals surface area contributed by atoms with E-state index in [2.05, 4.69) is 48.2 Å². The Hall–Kier alpha value is -1.28. The maximum Gasteiger partial charge on any atom is 2.00 e. The van der Waals surface area contributed by atoms with Crippen LogP contribution in [0.2, 0.25) is 0 Å². The van der Waals surface area contributed by atoms with E-state index in [0.29, 0.717) is 0 Å². The number of fused-ring (bicyclic) bond motifs is 3. The predicted octanol–water partition coefficient (Wildman–Crippen LogP) is 8.92. The molecule has 0 aliphatic heterocycles. The summed E-state index contributed by atoms with van der Waals surface area (Å²) in [6, 6.07) is 14.1. The first-order chi connectivity index (χ1) is 15.8. The Morgan fingerprint density at radius 1 is 0.730 bits per heavy atom. The number of halogens is 6. The fraction of sp³-hybridized carbons (Fsp3) is 0.0400. The molecule has 1 aromatic carbocycles. The van der Waals surface area contributed by atoms with Gasteiger partial charge >= 0.3 is 70.5 Å².